The number of ketones is 2. The van der Waals surface area contributed by atoms with Crippen LogP contribution in [-0.2, 0) is 4.79 Å². The van der Waals surface area contributed by atoms with Crippen LogP contribution in [0.3, 0.4) is 0 Å². The summed E-state index contributed by atoms with van der Waals surface area (Å²) in [4.78, 5) is 23.5. The average Bonchev–Trinajstić information content (AvgIpc) is 2.78. The van der Waals surface area contributed by atoms with Crippen LogP contribution in [0.4, 0.5) is 87.8 Å². The highest BCUT2D eigenvalue weighted by atomic mass is 19.4. The summed E-state index contributed by atoms with van der Waals surface area (Å²) < 4.78 is 264. The fraction of sp³-hybridized carbons (Fsp3) is 0.529. The standard InChI is InChI=1S/C17H4F20O2/c1-2(9(38)3-4(18)6(20)8(22)7(21)5(3)19)10(39)11(23,24)12(25,26)13(27,28)14(29,30)15(31,32)16(33,34)17(35,36)37/h2H,1H3. The molecule has 0 amide bonds. The van der Waals surface area contributed by atoms with E-state index in [1.165, 1.54) is 0 Å². The summed E-state index contributed by atoms with van der Waals surface area (Å²) in [6.07, 6.45) is -7.89. The monoisotopic (exact) mass is 620 g/mol. The van der Waals surface area contributed by atoms with E-state index in [9.17, 15) is 97.4 Å². The van der Waals surface area contributed by atoms with Crippen molar-refractivity contribution in [3.05, 3.63) is 34.6 Å². The van der Waals surface area contributed by atoms with Gasteiger partial charge in [0.15, 0.2) is 29.1 Å². The largest absolute Gasteiger partial charge is 0.460 e. The molecule has 0 heterocycles. The van der Waals surface area contributed by atoms with Crippen LogP contribution in [0.2, 0.25) is 0 Å². The van der Waals surface area contributed by atoms with Crippen molar-refractivity contribution in [1.82, 2.24) is 0 Å². The molecular formula is C17H4F20O2. The van der Waals surface area contributed by atoms with E-state index in [2.05, 4.69) is 0 Å². The summed E-state index contributed by atoms with van der Waals surface area (Å²) in [5.41, 5.74) is -2.85. The Morgan fingerprint density at radius 2 is 0.769 bits per heavy atom. The molecule has 1 aromatic carbocycles. The number of Topliss-reactive ketones (excluding diaryl/α,β-unsaturated/α-hetero) is 2. The van der Waals surface area contributed by atoms with Gasteiger partial charge in [-0.2, -0.15) is 65.9 Å². The molecule has 0 radical (unpaired) electrons. The SMILES string of the molecule is CC(C(=O)c1c(F)c(F)c(F)c(F)c1F)C(=O)C(F)(F)C(F)(F)C(F)(F)C(F)(F)C(F)(F)C(F)(F)C(F)(F)F. The van der Waals surface area contributed by atoms with Crippen molar-refractivity contribution in [2.45, 2.75) is 48.6 Å². The summed E-state index contributed by atoms with van der Waals surface area (Å²) in [5.74, 6) is -77.3. The minimum absolute atomic E-state index is 0.505. The highest BCUT2D eigenvalue weighted by molar-refractivity contribution is 6.12. The van der Waals surface area contributed by atoms with Crippen molar-refractivity contribution < 1.29 is 97.4 Å². The van der Waals surface area contributed by atoms with E-state index < -0.39 is 101 Å². The Labute approximate surface area is 199 Å². The number of rotatable bonds is 9. The van der Waals surface area contributed by atoms with E-state index in [0.29, 0.717) is 0 Å². The van der Waals surface area contributed by atoms with Gasteiger partial charge in [0.1, 0.15) is 0 Å². The van der Waals surface area contributed by atoms with Gasteiger partial charge in [0.05, 0.1) is 11.5 Å². The van der Waals surface area contributed by atoms with Crippen molar-refractivity contribution in [2.24, 2.45) is 5.92 Å². The predicted molar refractivity (Wildman–Crippen MR) is 80.5 cm³/mol. The van der Waals surface area contributed by atoms with Crippen molar-refractivity contribution in [3.8, 4) is 0 Å². The number of alkyl halides is 15. The predicted octanol–water partition coefficient (Wildman–Crippen LogP) is 7.14. The van der Waals surface area contributed by atoms with Gasteiger partial charge in [-0.25, -0.2) is 22.0 Å². The molecule has 0 aromatic heterocycles. The summed E-state index contributed by atoms with van der Waals surface area (Å²) >= 11 is 0. The van der Waals surface area contributed by atoms with Crippen LogP contribution in [0.25, 0.3) is 0 Å². The Morgan fingerprint density at radius 3 is 1.10 bits per heavy atom. The van der Waals surface area contributed by atoms with Gasteiger partial charge in [-0.05, 0) is 6.92 Å². The molecule has 0 saturated carbocycles. The molecule has 0 fully saturated rings. The Bertz CT molecular complexity index is 1130. The topological polar surface area (TPSA) is 34.1 Å². The molecule has 22 heteroatoms. The fourth-order valence-corrected chi connectivity index (χ4v) is 2.55. The van der Waals surface area contributed by atoms with Gasteiger partial charge in [-0.1, -0.05) is 0 Å². The zero-order valence-electron chi connectivity index (χ0n) is 17.5. The quantitative estimate of drug-likeness (QED) is 0.0968. The van der Waals surface area contributed by atoms with Crippen molar-refractivity contribution in [3.63, 3.8) is 0 Å². The Morgan fingerprint density at radius 1 is 0.487 bits per heavy atom. The highest BCUT2D eigenvalue weighted by Crippen LogP contribution is 2.62. The van der Waals surface area contributed by atoms with E-state index in [-0.39, 0.29) is 0 Å². The first-order valence-corrected chi connectivity index (χ1v) is 8.84. The lowest BCUT2D eigenvalue weighted by atomic mass is 9.85. The average molecular weight is 620 g/mol. The van der Waals surface area contributed by atoms with Gasteiger partial charge in [0, 0.05) is 0 Å². The van der Waals surface area contributed by atoms with Crippen molar-refractivity contribution >= 4 is 11.6 Å². The number of carbonyl (C=O) groups excluding carboxylic acids is 2. The Kier molecular flexibility index (Phi) is 8.22. The molecule has 0 saturated heterocycles. The van der Waals surface area contributed by atoms with Crippen LogP contribution in [-0.4, -0.2) is 53.3 Å². The number of hydrogen-bond donors (Lipinski definition) is 0. The summed E-state index contributed by atoms with van der Waals surface area (Å²) in [7, 11) is 0. The van der Waals surface area contributed by atoms with Crippen LogP contribution in [0.5, 0.6) is 0 Å². The lowest BCUT2D eigenvalue weighted by molar-refractivity contribution is -0.449. The molecule has 0 spiro atoms. The van der Waals surface area contributed by atoms with E-state index in [4.69, 9.17) is 0 Å². The second kappa shape index (κ2) is 9.37. The number of benzene rings is 1. The lowest BCUT2D eigenvalue weighted by Gasteiger charge is -2.41. The van der Waals surface area contributed by atoms with E-state index >= 15 is 0 Å². The molecule has 1 aromatic rings. The molecule has 1 rings (SSSR count). The molecule has 1 atom stereocenters. The molecular weight excluding hydrogens is 616 g/mol. The minimum Gasteiger partial charge on any atom is -0.293 e. The first-order chi connectivity index (χ1) is 16.9. The smallest absolute Gasteiger partial charge is 0.293 e. The fourth-order valence-electron chi connectivity index (χ4n) is 2.55. The molecule has 0 aliphatic carbocycles. The van der Waals surface area contributed by atoms with Gasteiger partial charge in [-0.3, -0.25) is 9.59 Å². The Hall–Kier alpha value is -2.84. The summed E-state index contributed by atoms with van der Waals surface area (Å²) in [6, 6.07) is 0. The molecule has 2 nitrogen and oxygen atoms in total. The summed E-state index contributed by atoms with van der Waals surface area (Å²) in [6.45, 7) is -0.505. The zero-order valence-corrected chi connectivity index (χ0v) is 17.5. The van der Waals surface area contributed by atoms with Gasteiger partial charge in [0.25, 0.3) is 0 Å². The van der Waals surface area contributed by atoms with Crippen LogP contribution >= 0.6 is 0 Å². The van der Waals surface area contributed by atoms with E-state index in [1.54, 1.807) is 0 Å². The van der Waals surface area contributed by atoms with Crippen molar-refractivity contribution in [2.75, 3.05) is 0 Å². The lowest BCUT2D eigenvalue weighted by Crippen LogP contribution is -2.73. The maximum absolute atomic E-state index is 14.0. The summed E-state index contributed by atoms with van der Waals surface area (Å²) in [5, 5.41) is 0. The van der Waals surface area contributed by atoms with E-state index in [0.717, 1.165) is 0 Å². The van der Waals surface area contributed by atoms with Gasteiger partial charge < -0.3 is 0 Å². The molecule has 0 N–H and O–H groups in total. The molecule has 0 aliphatic heterocycles. The number of hydrogen-bond acceptors (Lipinski definition) is 2. The number of carbonyl (C=O) groups is 2. The van der Waals surface area contributed by atoms with Gasteiger partial charge in [0.2, 0.25) is 11.6 Å². The van der Waals surface area contributed by atoms with Crippen LogP contribution in [0.15, 0.2) is 0 Å². The highest BCUT2D eigenvalue weighted by Gasteiger charge is 2.94. The number of halogens is 20. The second-order valence-electron chi connectivity index (χ2n) is 7.34. The maximum atomic E-state index is 14.0. The third-order valence-corrected chi connectivity index (χ3v) is 4.88. The molecule has 0 aliphatic rings. The second-order valence-corrected chi connectivity index (χ2v) is 7.34. The first-order valence-electron chi connectivity index (χ1n) is 8.84. The minimum atomic E-state index is -8.78. The van der Waals surface area contributed by atoms with Crippen molar-refractivity contribution in [1.29, 1.82) is 0 Å². The first kappa shape index (κ1) is 34.2. The Balaban J connectivity index is 3.69. The van der Waals surface area contributed by atoms with Crippen LogP contribution < -0.4 is 0 Å². The van der Waals surface area contributed by atoms with Crippen LogP contribution in [0.1, 0.15) is 17.3 Å². The third kappa shape index (κ3) is 4.45. The third-order valence-electron chi connectivity index (χ3n) is 4.88. The van der Waals surface area contributed by atoms with E-state index in [1.807, 2.05) is 0 Å². The molecule has 224 valence electrons. The maximum Gasteiger partial charge on any atom is 0.460 e. The molecule has 39 heavy (non-hydrogen) atoms. The molecule has 1 unspecified atom stereocenters. The van der Waals surface area contributed by atoms with Gasteiger partial charge >= 0.3 is 41.7 Å². The zero-order chi connectivity index (χ0) is 31.7. The molecule has 0 bridgehead atoms. The van der Waals surface area contributed by atoms with Gasteiger partial charge in [-0.15, -0.1) is 0 Å². The normalized spacial score (nSPS) is 15.4. The van der Waals surface area contributed by atoms with Crippen LogP contribution in [0, 0.1) is 35.0 Å².